The van der Waals surface area contributed by atoms with E-state index in [4.69, 9.17) is 9.47 Å². The van der Waals surface area contributed by atoms with Gasteiger partial charge in [0.25, 0.3) is 0 Å². The number of aliphatic carboxylic acids is 1. The van der Waals surface area contributed by atoms with Crippen molar-refractivity contribution in [3.8, 4) is 17.2 Å². The minimum atomic E-state index is -1.06. The van der Waals surface area contributed by atoms with E-state index in [0.29, 0.717) is 22.6 Å². The van der Waals surface area contributed by atoms with E-state index >= 15 is 0 Å². The number of aromatic hydroxyl groups is 1. The molecule has 0 aliphatic rings. The van der Waals surface area contributed by atoms with Crippen LogP contribution in [0, 0.1) is 0 Å². The Balaban J connectivity index is 2.50. The van der Waals surface area contributed by atoms with E-state index in [1.807, 2.05) is 0 Å². The van der Waals surface area contributed by atoms with E-state index in [1.54, 1.807) is 30.3 Å². The molecular weight excluding hydrogens is 284 g/mol. The normalized spacial score (nSPS) is 11.1. The van der Waals surface area contributed by atoms with Gasteiger partial charge in [-0.3, -0.25) is 0 Å². The first-order valence-corrected chi connectivity index (χ1v) is 6.51. The van der Waals surface area contributed by atoms with E-state index in [9.17, 15) is 15.0 Å². The van der Waals surface area contributed by atoms with Crippen molar-refractivity contribution >= 4 is 17.6 Å². The summed E-state index contributed by atoms with van der Waals surface area (Å²) in [7, 11) is 3.06. The number of phenolic OH excluding ortho intramolecular Hbond substituents is 1. The molecule has 0 saturated carbocycles. The van der Waals surface area contributed by atoms with Crippen LogP contribution in [0.4, 0.5) is 0 Å². The first-order chi connectivity index (χ1) is 10.5. The number of rotatable bonds is 5. The van der Waals surface area contributed by atoms with Crippen LogP contribution in [0.3, 0.4) is 0 Å². The number of hydrogen-bond acceptors (Lipinski definition) is 4. The molecule has 0 saturated heterocycles. The molecule has 114 valence electrons. The molecule has 2 rings (SSSR count). The van der Waals surface area contributed by atoms with Gasteiger partial charge >= 0.3 is 5.97 Å². The van der Waals surface area contributed by atoms with Crippen LogP contribution in [-0.2, 0) is 4.79 Å². The smallest absolute Gasteiger partial charge is 0.336 e. The Morgan fingerprint density at radius 3 is 2.00 bits per heavy atom. The SMILES string of the molecule is COc1cc(C=C(C(=O)O)c2ccc(O)cc2)cc(OC)c1. The number of ether oxygens (including phenoxy) is 2. The standard InChI is InChI=1S/C17H16O5/c1-21-14-7-11(8-15(10-14)22-2)9-16(17(19)20)12-3-5-13(18)6-4-12/h3-10,18H,1-2H3,(H,19,20). The van der Waals surface area contributed by atoms with Crippen molar-refractivity contribution in [3.05, 3.63) is 53.6 Å². The largest absolute Gasteiger partial charge is 0.508 e. The molecule has 5 heteroatoms. The first-order valence-electron chi connectivity index (χ1n) is 6.51. The molecule has 0 aliphatic carbocycles. The van der Waals surface area contributed by atoms with Crippen LogP contribution >= 0.6 is 0 Å². The quantitative estimate of drug-likeness (QED) is 0.655. The molecule has 2 N–H and O–H groups in total. The van der Waals surface area contributed by atoms with Crippen molar-refractivity contribution < 1.29 is 24.5 Å². The summed E-state index contributed by atoms with van der Waals surface area (Å²) in [6.45, 7) is 0. The summed E-state index contributed by atoms with van der Waals surface area (Å²) in [6.07, 6.45) is 1.53. The molecule has 0 unspecified atom stereocenters. The van der Waals surface area contributed by atoms with Crippen LogP contribution in [0.1, 0.15) is 11.1 Å². The van der Waals surface area contributed by atoms with Crippen molar-refractivity contribution in [3.63, 3.8) is 0 Å². The molecular formula is C17H16O5. The predicted molar refractivity (Wildman–Crippen MR) is 83.2 cm³/mol. The Morgan fingerprint density at radius 2 is 1.55 bits per heavy atom. The van der Waals surface area contributed by atoms with Gasteiger partial charge in [0, 0.05) is 6.07 Å². The van der Waals surface area contributed by atoms with Crippen LogP contribution in [0.25, 0.3) is 11.6 Å². The number of methoxy groups -OCH3 is 2. The summed E-state index contributed by atoms with van der Waals surface area (Å²) in [5.41, 5.74) is 1.24. The lowest BCUT2D eigenvalue weighted by Crippen LogP contribution is -1.99. The van der Waals surface area contributed by atoms with Gasteiger partial charge in [0.15, 0.2) is 0 Å². The molecule has 22 heavy (non-hydrogen) atoms. The molecule has 0 amide bonds. The van der Waals surface area contributed by atoms with Gasteiger partial charge in [-0.05, 0) is 41.5 Å². The molecule has 0 spiro atoms. The van der Waals surface area contributed by atoms with Crippen molar-refractivity contribution in [2.24, 2.45) is 0 Å². The third-order valence-electron chi connectivity index (χ3n) is 3.09. The highest BCUT2D eigenvalue weighted by Crippen LogP contribution is 2.27. The Hall–Kier alpha value is -2.95. The second-order valence-corrected chi connectivity index (χ2v) is 4.56. The Kier molecular flexibility index (Phi) is 4.68. The fourth-order valence-electron chi connectivity index (χ4n) is 1.99. The van der Waals surface area contributed by atoms with Gasteiger partial charge < -0.3 is 19.7 Å². The van der Waals surface area contributed by atoms with Crippen LogP contribution in [0.15, 0.2) is 42.5 Å². The third kappa shape index (κ3) is 3.58. The topological polar surface area (TPSA) is 76.0 Å². The molecule has 0 aromatic heterocycles. The van der Waals surface area contributed by atoms with Crippen molar-refractivity contribution in [1.29, 1.82) is 0 Å². The molecule has 0 bridgehead atoms. The monoisotopic (exact) mass is 300 g/mol. The van der Waals surface area contributed by atoms with Crippen molar-refractivity contribution in [1.82, 2.24) is 0 Å². The summed E-state index contributed by atoms with van der Waals surface area (Å²) in [5, 5.41) is 18.7. The number of phenols is 1. The molecule has 0 heterocycles. The second-order valence-electron chi connectivity index (χ2n) is 4.56. The minimum absolute atomic E-state index is 0.0801. The zero-order valence-electron chi connectivity index (χ0n) is 12.2. The molecule has 2 aromatic rings. The van der Waals surface area contributed by atoms with Crippen LogP contribution < -0.4 is 9.47 Å². The summed E-state index contributed by atoms with van der Waals surface area (Å²) in [5.74, 6) is 0.158. The van der Waals surface area contributed by atoms with Crippen LogP contribution in [0.2, 0.25) is 0 Å². The number of benzene rings is 2. The van der Waals surface area contributed by atoms with Crippen molar-refractivity contribution in [2.75, 3.05) is 14.2 Å². The molecule has 5 nitrogen and oxygen atoms in total. The maximum Gasteiger partial charge on any atom is 0.336 e. The number of hydrogen-bond donors (Lipinski definition) is 2. The zero-order valence-corrected chi connectivity index (χ0v) is 12.2. The highest BCUT2D eigenvalue weighted by atomic mass is 16.5. The number of carboxylic acids is 1. The Bertz CT molecular complexity index is 679. The fourth-order valence-corrected chi connectivity index (χ4v) is 1.99. The summed E-state index contributed by atoms with van der Waals surface area (Å²) >= 11 is 0. The molecule has 0 radical (unpaired) electrons. The van der Waals surface area contributed by atoms with Gasteiger partial charge in [-0.25, -0.2) is 4.79 Å². The predicted octanol–water partition coefficient (Wildman–Crippen LogP) is 3.03. The summed E-state index contributed by atoms with van der Waals surface area (Å²) in [6, 6.07) is 11.1. The summed E-state index contributed by atoms with van der Waals surface area (Å²) in [4.78, 5) is 11.5. The third-order valence-corrected chi connectivity index (χ3v) is 3.09. The average Bonchev–Trinajstić information content (AvgIpc) is 2.53. The maximum absolute atomic E-state index is 11.5. The number of carbonyl (C=O) groups is 1. The average molecular weight is 300 g/mol. The lowest BCUT2D eigenvalue weighted by molar-refractivity contribution is -0.130. The second kappa shape index (κ2) is 6.67. The van der Waals surface area contributed by atoms with Gasteiger partial charge in [-0.2, -0.15) is 0 Å². The zero-order chi connectivity index (χ0) is 16.1. The van der Waals surface area contributed by atoms with Gasteiger partial charge in [-0.1, -0.05) is 12.1 Å². The first kappa shape index (κ1) is 15.4. The van der Waals surface area contributed by atoms with Crippen LogP contribution in [-0.4, -0.2) is 30.4 Å². The lowest BCUT2D eigenvalue weighted by Gasteiger charge is -2.08. The van der Waals surface area contributed by atoms with Crippen molar-refractivity contribution in [2.45, 2.75) is 0 Å². The highest BCUT2D eigenvalue weighted by molar-refractivity contribution is 6.20. The van der Waals surface area contributed by atoms with E-state index in [0.717, 1.165) is 0 Å². The molecule has 0 atom stereocenters. The minimum Gasteiger partial charge on any atom is -0.508 e. The van der Waals surface area contributed by atoms with E-state index in [1.165, 1.54) is 32.4 Å². The van der Waals surface area contributed by atoms with Gasteiger partial charge in [0.1, 0.15) is 17.2 Å². The summed E-state index contributed by atoms with van der Waals surface area (Å²) < 4.78 is 10.3. The van der Waals surface area contributed by atoms with E-state index < -0.39 is 5.97 Å². The highest BCUT2D eigenvalue weighted by Gasteiger charge is 2.11. The van der Waals surface area contributed by atoms with E-state index in [2.05, 4.69) is 0 Å². The lowest BCUT2D eigenvalue weighted by atomic mass is 10.0. The Morgan fingerprint density at radius 1 is 1.00 bits per heavy atom. The van der Waals surface area contributed by atoms with Gasteiger partial charge in [-0.15, -0.1) is 0 Å². The number of carboxylic acid groups (broad SMARTS) is 1. The molecule has 2 aromatic carbocycles. The fraction of sp³-hybridized carbons (Fsp3) is 0.118. The maximum atomic E-state index is 11.5. The molecule has 0 aliphatic heterocycles. The van der Waals surface area contributed by atoms with Gasteiger partial charge in [0.05, 0.1) is 19.8 Å². The molecule has 0 fully saturated rings. The Labute approximate surface area is 128 Å². The van der Waals surface area contributed by atoms with Gasteiger partial charge in [0.2, 0.25) is 0 Å². The van der Waals surface area contributed by atoms with Crippen LogP contribution in [0.5, 0.6) is 17.2 Å². The van der Waals surface area contributed by atoms with E-state index in [-0.39, 0.29) is 11.3 Å².